The van der Waals surface area contributed by atoms with Crippen molar-refractivity contribution >= 4 is 5.91 Å². The van der Waals surface area contributed by atoms with Gasteiger partial charge in [-0.05, 0) is 57.8 Å². The molecule has 0 aromatic rings. The van der Waals surface area contributed by atoms with Gasteiger partial charge in [0.05, 0.1) is 0 Å². The van der Waals surface area contributed by atoms with Gasteiger partial charge in [-0.2, -0.15) is 0 Å². The molecule has 16 heavy (non-hydrogen) atoms. The van der Waals surface area contributed by atoms with E-state index in [0.29, 0.717) is 0 Å². The zero-order chi connectivity index (χ0) is 11.8. The van der Waals surface area contributed by atoms with E-state index in [0.717, 1.165) is 25.4 Å². The summed E-state index contributed by atoms with van der Waals surface area (Å²) in [4.78, 5) is 13.6. The number of likely N-dealkylation sites (tertiary alicyclic amines) is 1. The number of nitrogens with one attached hydrogen (secondary N) is 1. The number of allylic oxidation sites excluding steroid dienone is 1. The maximum Gasteiger partial charge on any atom is 0.243 e. The van der Waals surface area contributed by atoms with Crippen molar-refractivity contribution in [2.24, 2.45) is 5.92 Å². The second-order valence-corrected chi connectivity index (χ2v) is 4.67. The van der Waals surface area contributed by atoms with E-state index in [1.165, 1.54) is 25.9 Å². The van der Waals surface area contributed by atoms with Gasteiger partial charge in [0, 0.05) is 6.54 Å². The van der Waals surface area contributed by atoms with Crippen LogP contribution in [0.5, 0.6) is 0 Å². The van der Waals surface area contributed by atoms with E-state index in [-0.39, 0.29) is 5.91 Å². The monoisotopic (exact) mass is 224 g/mol. The lowest BCUT2D eigenvalue weighted by Gasteiger charge is -2.30. The molecule has 1 saturated heterocycles. The Balaban J connectivity index is 2.01. The van der Waals surface area contributed by atoms with Gasteiger partial charge in [-0.3, -0.25) is 4.79 Å². The van der Waals surface area contributed by atoms with Crippen LogP contribution < -0.4 is 5.32 Å². The van der Waals surface area contributed by atoms with Crippen LogP contribution in [0.1, 0.15) is 33.1 Å². The second kappa shape index (κ2) is 7.44. The molecule has 0 aliphatic carbocycles. The molecule has 3 heteroatoms. The second-order valence-electron chi connectivity index (χ2n) is 4.67. The molecule has 0 aromatic carbocycles. The Hall–Kier alpha value is -0.830. The predicted octanol–water partition coefficient (Wildman–Crippen LogP) is 1.80. The van der Waals surface area contributed by atoms with Crippen molar-refractivity contribution in [1.82, 2.24) is 10.2 Å². The van der Waals surface area contributed by atoms with Crippen molar-refractivity contribution in [3.8, 4) is 0 Å². The van der Waals surface area contributed by atoms with Crippen molar-refractivity contribution in [2.75, 3.05) is 26.2 Å². The molecule has 1 heterocycles. The molecule has 1 amide bonds. The molecule has 0 spiro atoms. The first kappa shape index (κ1) is 13.2. The van der Waals surface area contributed by atoms with Crippen LogP contribution in [0.25, 0.3) is 0 Å². The third-order valence-corrected chi connectivity index (χ3v) is 3.14. The average Bonchev–Trinajstić information content (AvgIpc) is 2.27. The Morgan fingerprint density at radius 3 is 2.75 bits per heavy atom. The molecule has 3 nitrogen and oxygen atoms in total. The Kier molecular flexibility index (Phi) is 6.16. The summed E-state index contributed by atoms with van der Waals surface area (Å²) in [6, 6.07) is 0. The van der Waals surface area contributed by atoms with Crippen LogP contribution in [0.3, 0.4) is 0 Å². The van der Waals surface area contributed by atoms with Crippen LogP contribution in [0.4, 0.5) is 0 Å². The minimum absolute atomic E-state index is 0.0229. The Bertz CT molecular complexity index is 230. The highest BCUT2D eigenvalue weighted by Crippen LogP contribution is 2.15. The number of rotatable bonds is 5. The standard InChI is InChI=1S/C13H24N2O/c1-3-5-13(16)14-8-4-9-15-10-6-12(2)7-11-15/h3,5,12H,4,6-11H2,1-2H3,(H,14,16). The van der Waals surface area contributed by atoms with Crippen LogP contribution in [0.15, 0.2) is 12.2 Å². The van der Waals surface area contributed by atoms with Crippen molar-refractivity contribution in [1.29, 1.82) is 0 Å². The topological polar surface area (TPSA) is 32.3 Å². The van der Waals surface area contributed by atoms with Crippen molar-refractivity contribution in [2.45, 2.75) is 33.1 Å². The molecule has 0 bridgehead atoms. The summed E-state index contributed by atoms with van der Waals surface area (Å²) < 4.78 is 0. The van der Waals surface area contributed by atoms with Crippen LogP contribution in [-0.4, -0.2) is 37.0 Å². The first-order valence-corrected chi connectivity index (χ1v) is 6.35. The molecule has 0 atom stereocenters. The van der Waals surface area contributed by atoms with Gasteiger partial charge in [0.25, 0.3) is 0 Å². The normalized spacial score (nSPS) is 19.1. The fourth-order valence-corrected chi connectivity index (χ4v) is 2.01. The SMILES string of the molecule is CC=CC(=O)NCCCN1CCC(C)CC1. The number of hydrogen-bond donors (Lipinski definition) is 1. The maximum atomic E-state index is 11.1. The van der Waals surface area contributed by atoms with E-state index < -0.39 is 0 Å². The minimum atomic E-state index is 0.0229. The van der Waals surface area contributed by atoms with Gasteiger partial charge < -0.3 is 10.2 Å². The largest absolute Gasteiger partial charge is 0.353 e. The lowest BCUT2D eigenvalue weighted by Crippen LogP contribution is -2.35. The summed E-state index contributed by atoms with van der Waals surface area (Å²) in [5, 5.41) is 2.88. The zero-order valence-corrected chi connectivity index (χ0v) is 10.5. The maximum absolute atomic E-state index is 11.1. The number of amides is 1. The molecule has 92 valence electrons. The lowest BCUT2D eigenvalue weighted by atomic mass is 9.99. The molecule has 0 unspecified atom stereocenters. The molecule has 0 radical (unpaired) electrons. The minimum Gasteiger partial charge on any atom is -0.353 e. The highest BCUT2D eigenvalue weighted by Gasteiger charge is 2.14. The zero-order valence-electron chi connectivity index (χ0n) is 10.5. The molecule has 0 saturated carbocycles. The number of piperidine rings is 1. The van der Waals surface area contributed by atoms with Crippen LogP contribution in [-0.2, 0) is 4.79 Å². The first-order valence-electron chi connectivity index (χ1n) is 6.35. The molecule has 0 aromatic heterocycles. The van der Waals surface area contributed by atoms with E-state index in [1.807, 2.05) is 6.92 Å². The van der Waals surface area contributed by atoms with Gasteiger partial charge in [-0.1, -0.05) is 13.0 Å². The molecular formula is C13H24N2O. The van der Waals surface area contributed by atoms with Gasteiger partial charge in [-0.15, -0.1) is 0 Å². The summed E-state index contributed by atoms with van der Waals surface area (Å²) in [6.07, 6.45) is 7.04. The van der Waals surface area contributed by atoms with Gasteiger partial charge in [0.2, 0.25) is 5.91 Å². The van der Waals surface area contributed by atoms with E-state index in [4.69, 9.17) is 0 Å². The summed E-state index contributed by atoms with van der Waals surface area (Å²) >= 11 is 0. The van der Waals surface area contributed by atoms with E-state index >= 15 is 0 Å². The Labute approximate surface area is 98.9 Å². The summed E-state index contributed by atoms with van der Waals surface area (Å²) in [7, 11) is 0. The Morgan fingerprint density at radius 2 is 2.12 bits per heavy atom. The lowest BCUT2D eigenvalue weighted by molar-refractivity contribution is -0.116. The average molecular weight is 224 g/mol. The first-order chi connectivity index (χ1) is 7.72. The quantitative estimate of drug-likeness (QED) is 0.570. The van der Waals surface area contributed by atoms with E-state index in [9.17, 15) is 4.79 Å². The molecule has 1 aliphatic heterocycles. The highest BCUT2D eigenvalue weighted by atomic mass is 16.1. The fraction of sp³-hybridized carbons (Fsp3) is 0.769. The van der Waals surface area contributed by atoms with Crippen molar-refractivity contribution < 1.29 is 4.79 Å². The Morgan fingerprint density at radius 1 is 1.44 bits per heavy atom. The number of carbonyl (C=O) groups excluding carboxylic acids is 1. The third kappa shape index (κ3) is 5.31. The van der Waals surface area contributed by atoms with Crippen LogP contribution in [0, 0.1) is 5.92 Å². The molecule has 1 N–H and O–H groups in total. The molecule has 1 aliphatic rings. The molecular weight excluding hydrogens is 200 g/mol. The number of nitrogens with zero attached hydrogens (tertiary/aromatic N) is 1. The summed E-state index contributed by atoms with van der Waals surface area (Å²) in [5.41, 5.74) is 0. The third-order valence-electron chi connectivity index (χ3n) is 3.14. The van der Waals surface area contributed by atoms with E-state index in [2.05, 4.69) is 17.1 Å². The van der Waals surface area contributed by atoms with Crippen LogP contribution in [0.2, 0.25) is 0 Å². The van der Waals surface area contributed by atoms with Gasteiger partial charge in [0.1, 0.15) is 0 Å². The molecule has 1 fully saturated rings. The van der Waals surface area contributed by atoms with Gasteiger partial charge in [0.15, 0.2) is 0 Å². The fourth-order valence-electron chi connectivity index (χ4n) is 2.01. The number of hydrogen-bond acceptors (Lipinski definition) is 2. The van der Waals surface area contributed by atoms with Crippen molar-refractivity contribution in [3.63, 3.8) is 0 Å². The van der Waals surface area contributed by atoms with Crippen molar-refractivity contribution in [3.05, 3.63) is 12.2 Å². The van der Waals surface area contributed by atoms with Gasteiger partial charge in [-0.25, -0.2) is 0 Å². The summed E-state index contributed by atoms with van der Waals surface area (Å²) in [5.74, 6) is 0.917. The summed E-state index contributed by atoms with van der Waals surface area (Å²) in [6.45, 7) is 8.54. The highest BCUT2D eigenvalue weighted by molar-refractivity contribution is 5.87. The van der Waals surface area contributed by atoms with Gasteiger partial charge >= 0.3 is 0 Å². The number of carbonyl (C=O) groups is 1. The molecule has 1 rings (SSSR count). The predicted molar refractivity (Wildman–Crippen MR) is 67.3 cm³/mol. The van der Waals surface area contributed by atoms with Crippen LogP contribution >= 0.6 is 0 Å². The van der Waals surface area contributed by atoms with E-state index in [1.54, 1.807) is 12.2 Å². The smallest absolute Gasteiger partial charge is 0.243 e.